The number of nitrogen functional groups attached to an aromatic ring is 1. The van der Waals surface area contributed by atoms with E-state index in [-0.39, 0.29) is 17.4 Å². The van der Waals surface area contributed by atoms with Crippen LogP contribution in [-0.2, 0) is 5.60 Å². The maximum absolute atomic E-state index is 10.5. The number of rotatable bonds is 5. The smallest absolute Gasteiger partial charge is 0.153 e. The monoisotopic (exact) mass is 414 g/mol. The first-order valence-electron chi connectivity index (χ1n) is 9.72. The van der Waals surface area contributed by atoms with Gasteiger partial charge in [-0.15, -0.1) is 0 Å². The molecule has 1 aromatic carbocycles. The highest BCUT2D eigenvalue weighted by atomic mass is 16.3. The first-order valence-corrected chi connectivity index (χ1v) is 9.72. The van der Waals surface area contributed by atoms with Crippen molar-refractivity contribution in [2.45, 2.75) is 32.4 Å². The molecular weight excluding hydrogens is 392 g/mol. The molecule has 156 valence electrons. The summed E-state index contributed by atoms with van der Waals surface area (Å²) in [5, 5.41) is 27.9. The van der Waals surface area contributed by atoms with Crippen molar-refractivity contribution in [2.24, 2.45) is 0 Å². The number of nitriles is 1. The van der Waals surface area contributed by atoms with Gasteiger partial charge in [-0.2, -0.15) is 10.4 Å². The fraction of sp³-hybridized carbons (Fsp3) is 0.227. The Morgan fingerprint density at radius 2 is 2.03 bits per heavy atom. The predicted octanol–water partition coefficient (Wildman–Crippen LogP) is 3.04. The Balaban J connectivity index is 1.83. The molecule has 4 rings (SSSR count). The fourth-order valence-corrected chi connectivity index (χ4v) is 3.37. The van der Waals surface area contributed by atoms with Crippen molar-refractivity contribution in [2.75, 3.05) is 11.1 Å². The zero-order chi connectivity index (χ0) is 22.2. The fourth-order valence-electron chi connectivity index (χ4n) is 3.37. The van der Waals surface area contributed by atoms with E-state index >= 15 is 0 Å². The molecule has 0 radical (unpaired) electrons. The number of hydrogen-bond acceptors (Lipinski definition) is 8. The summed E-state index contributed by atoms with van der Waals surface area (Å²) in [7, 11) is 0. The normalized spacial score (nSPS) is 12.5. The second kappa shape index (κ2) is 7.66. The van der Waals surface area contributed by atoms with E-state index in [0.717, 1.165) is 22.4 Å². The van der Waals surface area contributed by atoms with Crippen molar-refractivity contribution >= 4 is 17.3 Å². The number of fused-ring (bicyclic) bond motifs is 1. The molecule has 4 aromatic rings. The van der Waals surface area contributed by atoms with Crippen LogP contribution in [0.25, 0.3) is 16.9 Å². The van der Waals surface area contributed by atoms with E-state index in [4.69, 9.17) is 10.8 Å². The number of nitrogens with two attached hydrogens (primary N) is 1. The Labute approximate surface area is 179 Å². The largest absolute Gasteiger partial charge is 0.386 e. The zero-order valence-electron chi connectivity index (χ0n) is 17.4. The quantitative estimate of drug-likeness (QED) is 0.453. The molecule has 31 heavy (non-hydrogen) atoms. The van der Waals surface area contributed by atoms with E-state index in [9.17, 15) is 10.4 Å². The minimum absolute atomic E-state index is 0.118. The summed E-state index contributed by atoms with van der Waals surface area (Å²) in [6.07, 6.45) is 4.77. The second-order valence-electron chi connectivity index (χ2n) is 7.78. The summed E-state index contributed by atoms with van der Waals surface area (Å²) in [5.74, 6) is 0.467. The van der Waals surface area contributed by atoms with Gasteiger partial charge in [0, 0.05) is 23.5 Å². The first kappa shape index (κ1) is 20.3. The molecule has 9 heteroatoms. The third-order valence-corrected chi connectivity index (χ3v) is 5.07. The van der Waals surface area contributed by atoms with Crippen molar-refractivity contribution in [3.8, 4) is 17.3 Å². The van der Waals surface area contributed by atoms with Gasteiger partial charge in [0.1, 0.15) is 29.6 Å². The Kier molecular flexibility index (Phi) is 5.01. The summed E-state index contributed by atoms with van der Waals surface area (Å²) < 4.78 is 1.70. The molecule has 4 N–H and O–H groups in total. The Hall–Kier alpha value is -4.03. The van der Waals surface area contributed by atoms with Gasteiger partial charge < -0.3 is 16.2 Å². The topological polar surface area (TPSA) is 138 Å². The van der Waals surface area contributed by atoms with Crippen LogP contribution in [0.3, 0.4) is 0 Å². The summed E-state index contributed by atoms with van der Waals surface area (Å²) in [4.78, 5) is 12.4. The van der Waals surface area contributed by atoms with Crippen LogP contribution in [0.1, 0.15) is 43.5 Å². The number of aliphatic hydroxyl groups is 1. The number of anilines is 2. The molecule has 0 saturated heterocycles. The molecule has 0 aliphatic carbocycles. The van der Waals surface area contributed by atoms with Crippen LogP contribution in [0.15, 0.2) is 49.1 Å². The van der Waals surface area contributed by atoms with Crippen molar-refractivity contribution in [1.29, 1.82) is 5.26 Å². The van der Waals surface area contributed by atoms with Gasteiger partial charge in [0.25, 0.3) is 0 Å². The molecule has 1 unspecified atom stereocenters. The minimum atomic E-state index is -0.987. The molecule has 0 fully saturated rings. The lowest BCUT2D eigenvalue weighted by molar-refractivity contribution is 0.0786. The van der Waals surface area contributed by atoms with Crippen molar-refractivity contribution in [3.63, 3.8) is 0 Å². The Bertz CT molecular complexity index is 1300. The predicted molar refractivity (Wildman–Crippen MR) is 117 cm³/mol. The molecular formula is C22H22N8O. The van der Waals surface area contributed by atoms with Crippen LogP contribution in [0.5, 0.6) is 0 Å². The highest BCUT2D eigenvalue weighted by molar-refractivity contribution is 5.68. The number of imidazole rings is 1. The van der Waals surface area contributed by atoms with E-state index < -0.39 is 5.60 Å². The third-order valence-electron chi connectivity index (χ3n) is 5.07. The number of benzene rings is 1. The van der Waals surface area contributed by atoms with E-state index in [1.807, 2.05) is 43.3 Å². The number of nitrogens with zero attached hydrogens (tertiary/aromatic N) is 6. The standard InChI is InChI=1S/C22H22N8O/c1-13(28-21-17(11-23)20(24)26-12-27-21)16-10-18-25-7-8-30(18)29-19(16)14-5-4-6-15(9-14)22(2,3)31/h4-10,12-13,31H,1-3H3,(H3,24,26,27,28). The van der Waals surface area contributed by atoms with Gasteiger partial charge in [-0.05, 0) is 38.5 Å². The van der Waals surface area contributed by atoms with Crippen LogP contribution in [0.2, 0.25) is 0 Å². The van der Waals surface area contributed by atoms with Gasteiger partial charge in [-0.3, -0.25) is 0 Å². The van der Waals surface area contributed by atoms with Gasteiger partial charge in [0.2, 0.25) is 0 Å². The third kappa shape index (κ3) is 3.89. The van der Waals surface area contributed by atoms with Gasteiger partial charge in [0.15, 0.2) is 5.65 Å². The van der Waals surface area contributed by atoms with Crippen LogP contribution in [0, 0.1) is 11.3 Å². The van der Waals surface area contributed by atoms with Gasteiger partial charge in [0.05, 0.1) is 17.3 Å². The van der Waals surface area contributed by atoms with E-state index in [2.05, 4.69) is 20.3 Å². The SMILES string of the molecule is CC(Nc1ncnc(N)c1C#N)c1cc2nccn2nc1-c1cccc(C(C)(C)O)c1. The molecule has 0 amide bonds. The number of hydrogen-bond donors (Lipinski definition) is 3. The zero-order valence-corrected chi connectivity index (χ0v) is 17.4. The second-order valence-corrected chi connectivity index (χ2v) is 7.78. The molecule has 3 aromatic heterocycles. The lowest BCUT2D eigenvalue weighted by Crippen LogP contribution is -2.16. The number of nitrogens with one attached hydrogen (secondary N) is 1. The van der Waals surface area contributed by atoms with Gasteiger partial charge in [-0.25, -0.2) is 19.5 Å². The summed E-state index contributed by atoms with van der Waals surface area (Å²) in [6.45, 7) is 5.43. The molecule has 0 aliphatic heterocycles. The average molecular weight is 414 g/mol. The van der Waals surface area contributed by atoms with Gasteiger partial charge >= 0.3 is 0 Å². The van der Waals surface area contributed by atoms with E-state index in [1.54, 1.807) is 30.8 Å². The summed E-state index contributed by atoms with van der Waals surface area (Å²) in [6, 6.07) is 11.3. The maximum Gasteiger partial charge on any atom is 0.153 e. The summed E-state index contributed by atoms with van der Waals surface area (Å²) >= 11 is 0. The van der Waals surface area contributed by atoms with Gasteiger partial charge in [-0.1, -0.05) is 18.2 Å². The Morgan fingerprint density at radius 1 is 1.23 bits per heavy atom. The average Bonchev–Trinajstić information content (AvgIpc) is 3.20. The van der Waals surface area contributed by atoms with Crippen molar-refractivity contribution < 1.29 is 5.11 Å². The first-order chi connectivity index (χ1) is 14.8. The molecule has 0 spiro atoms. The van der Waals surface area contributed by atoms with Crippen LogP contribution in [-0.4, -0.2) is 29.7 Å². The molecule has 0 aliphatic rings. The lowest BCUT2D eigenvalue weighted by atomic mass is 9.94. The lowest BCUT2D eigenvalue weighted by Gasteiger charge is -2.21. The van der Waals surface area contributed by atoms with Crippen LogP contribution < -0.4 is 11.1 Å². The van der Waals surface area contributed by atoms with Crippen molar-refractivity contribution in [3.05, 3.63) is 65.7 Å². The minimum Gasteiger partial charge on any atom is -0.386 e. The Morgan fingerprint density at radius 3 is 2.77 bits per heavy atom. The highest BCUT2D eigenvalue weighted by Crippen LogP contribution is 2.32. The molecule has 0 bridgehead atoms. The van der Waals surface area contributed by atoms with Crippen LogP contribution in [0.4, 0.5) is 11.6 Å². The van der Waals surface area contributed by atoms with E-state index in [0.29, 0.717) is 11.5 Å². The molecule has 1 atom stereocenters. The van der Waals surface area contributed by atoms with E-state index in [1.165, 1.54) is 6.33 Å². The summed E-state index contributed by atoms with van der Waals surface area (Å²) in [5.41, 5.74) is 8.91. The highest BCUT2D eigenvalue weighted by Gasteiger charge is 2.21. The van der Waals surface area contributed by atoms with Crippen LogP contribution >= 0.6 is 0 Å². The van der Waals surface area contributed by atoms with Crippen molar-refractivity contribution in [1.82, 2.24) is 24.6 Å². The molecule has 3 heterocycles. The molecule has 0 saturated carbocycles. The molecule has 9 nitrogen and oxygen atoms in total. The number of aromatic nitrogens is 5. The maximum atomic E-state index is 10.5.